The molecule has 0 spiro atoms. The first-order valence-corrected chi connectivity index (χ1v) is 5.17. The van der Waals surface area contributed by atoms with E-state index in [1.165, 1.54) is 22.2 Å². The normalized spacial score (nSPS) is 10.2. The molecule has 0 fully saturated rings. The predicted octanol–water partition coefficient (Wildman–Crippen LogP) is -2.34. The summed E-state index contributed by atoms with van der Waals surface area (Å²) in [6, 6.07) is 0. The Morgan fingerprint density at radius 3 is 2.84 bits per heavy atom. The van der Waals surface area contributed by atoms with E-state index in [0.29, 0.717) is 0 Å². The van der Waals surface area contributed by atoms with E-state index in [4.69, 9.17) is 11.6 Å². The minimum atomic E-state index is -0.507. The fourth-order valence-corrected chi connectivity index (χ4v) is 1.31. The molecule has 19 heavy (non-hydrogen) atoms. The number of likely N-dealkylation sites (N-methyl/N-ethyl adjacent to an activating group) is 1. The molecule has 0 atom stereocenters. The predicted molar refractivity (Wildman–Crippen MR) is 65.0 cm³/mol. The number of anilines is 2. The Hall–Kier alpha value is -2.82. The van der Waals surface area contributed by atoms with E-state index >= 15 is 0 Å². The lowest BCUT2D eigenvalue weighted by atomic mass is 10.5. The second-order valence-corrected chi connectivity index (χ2v) is 3.57. The Bertz CT molecular complexity index is 567. The third kappa shape index (κ3) is 2.90. The van der Waals surface area contributed by atoms with Crippen LogP contribution < -0.4 is 21.9 Å². The lowest BCUT2D eigenvalue weighted by Gasteiger charge is -2.15. The maximum absolute atomic E-state index is 10.9. The Balaban J connectivity index is 2.38. The Labute approximate surface area is 107 Å². The van der Waals surface area contributed by atoms with Crippen molar-refractivity contribution >= 4 is 17.8 Å². The molecule has 0 saturated carbocycles. The van der Waals surface area contributed by atoms with Crippen molar-refractivity contribution in [1.29, 1.82) is 0 Å². The molecule has 0 unspecified atom stereocenters. The number of nitrogen functional groups attached to an aromatic ring is 1. The second-order valence-electron chi connectivity index (χ2n) is 3.57. The van der Waals surface area contributed by atoms with Gasteiger partial charge < -0.3 is 10.6 Å². The lowest BCUT2D eigenvalue weighted by Crippen LogP contribution is -2.32. The van der Waals surface area contributed by atoms with Gasteiger partial charge >= 0.3 is 0 Å². The van der Waals surface area contributed by atoms with Gasteiger partial charge in [-0.15, -0.1) is 0 Å². The average molecular weight is 264 g/mol. The van der Waals surface area contributed by atoms with Crippen LogP contribution in [0.2, 0.25) is 0 Å². The number of carbonyl (C=O) groups is 1. The first-order valence-electron chi connectivity index (χ1n) is 5.17. The van der Waals surface area contributed by atoms with Crippen molar-refractivity contribution < 1.29 is 4.79 Å². The SMILES string of the molecule is CN(CC(N)=O)c1nc(NN)nc(-n2cncn2)n1. The third-order valence-electron chi connectivity index (χ3n) is 2.10. The first-order chi connectivity index (χ1) is 9.10. The molecule has 11 heteroatoms. The van der Waals surface area contributed by atoms with Crippen molar-refractivity contribution in [1.82, 2.24) is 29.7 Å². The Kier molecular flexibility index (Phi) is 3.47. The van der Waals surface area contributed by atoms with E-state index in [0.717, 1.165) is 0 Å². The van der Waals surface area contributed by atoms with E-state index < -0.39 is 5.91 Å². The summed E-state index contributed by atoms with van der Waals surface area (Å²) < 4.78 is 1.34. The van der Waals surface area contributed by atoms with Crippen LogP contribution in [0.25, 0.3) is 5.95 Å². The zero-order valence-corrected chi connectivity index (χ0v) is 10.1. The summed E-state index contributed by atoms with van der Waals surface area (Å²) in [6.07, 6.45) is 2.76. The van der Waals surface area contributed by atoms with Crippen molar-refractivity contribution in [3.63, 3.8) is 0 Å². The molecule has 0 aromatic carbocycles. The molecule has 0 aliphatic heterocycles. The van der Waals surface area contributed by atoms with E-state index in [1.807, 2.05) is 0 Å². The summed E-state index contributed by atoms with van der Waals surface area (Å²) in [5.74, 6) is 5.35. The molecule has 2 rings (SSSR count). The zero-order chi connectivity index (χ0) is 13.8. The molecule has 0 radical (unpaired) electrons. The van der Waals surface area contributed by atoms with Gasteiger partial charge in [0.1, 0.15) is 12.7 Å². The number of rotatable bonds is 5. The molecule has 2 heterocycles. The van der Waals surface area contributed by atoms with Gasteiger partial charge in [0.15, 0.2) is 0 Å². The quantitative estimate of drug-likeness (QED) is 0.398. The highest BCUT2D eigenvalue weighted by Crippen LogP contribution is 2.10. The highest BCUT2D eigenvalue weighted by atomic mass is 16.1. The van der Waals surface area contributed by atoms with Gasteiger partial charge in [0, 0.05) is 7.05 Å². The molecule has 0 saturated heterocycles. The van der Waals surface area contributed by atoms with Crippen LogP contribution in [-0.2, 0) is 4.79 Å². The lowest BCUT2D eigenvalue weighted by molar-refractivity contribution is -0.116. The van der Waals surface area contributed by atoms with E-state index in [-0.39, 0.29) is 24.4 Å². The Morgan fingerprint density at radius 2 is 2.26 bits per heavy atom. The van der Waals surface area contributed by atoms with Crippen LogP contribution in [0.15, 0.2) is 12.7 Å². The summed E-state index contributed by atoms with van der Waals surface area (Å²) >= 11 is 0. The summed E-state index contributed by atoms with van der Waals surface area (Å²) in [5.41, 5.74) is 7.43. The number of nitrogens with two attached hydrogens (primary N) is 2. The standard InChI is InChI=1S/C8H12N10O/c1-17(2-5(9)19)7-13-6(16-10)14-8(15-7)18-4-11-3-12-18/h3-4H,2,10H2,1H3,(H2,9,19)(H,13,14,15,16). The second kappa shape index (κ2) is 5.22. The van der Waals surface area contributed by atoms with Crippen molar-refractivity contribution in [3.8, 4) is 5.95 Å². The van der Waals surface area contributed by atoms with Crippen LogP contribution in [0.3, 0.4) is 0 Å². The number of amides is 1. The number of nitrogens with zero attached hydrogens (tertiary/aromatic N) is 7. The third-order valence-corrected chi connectivity index (χ3v) is 2.10. The topological polar surface area (TPSA) is 154 Å². The molecule has 0 bridgehead atoms. The number of aromatic nitrogens is 6. The molecular weight excluding hydrogens is 252 g/mol. The van der Waals surface area contributed by atoms with Gasteiger partial charge in [-0.1, -0.05) is 0 Å². The van der Waals surface area contributed by atoms with Crippen LogP contribution >= 0.6 is 0 Å². The smallest absolute Gasteiger partial charge is 0.258 e. The fourth-order valence-electron chi connectivity index (χ4n) is 1.31. The summed E-state index contributed by atoms with van der Waals surface area (Å²) in [7, 11) is 1.62. The van der Waals surface area contributed by atoms with Gasteiger partial charge in [-0.3, -0.25) is 10.2 Å². The molecule has 2 aromatic heterocycles. The van der Waals surface area contributed by atoms with Crippen molar-refractivity contribution in [2.75, 3.05) is 23.9 Å². The van der Waals surface area contributed by atoms with Gasteiger partial charge in [-0.05, 0) is 0 Å². The minimum absolute atomic E-state index is 0.0369. The number of primary amides is 1. The van der Waals surface area contributed by atoms with Crippen molar-refractivity contribution in [2.24, 2.45) is 11.6 Å². The van der Waals surface area contributed by atoms with Crippen LogP contribution in [0.5, 0.6) is 0 Å². The van der Waals surface area contributed by atoms with Gasteiger partial charge in [0.25, 0.3) is 5.95 Å². The van der Waals surface area contributed by atoms with Crippen LogP contribution in [0, 0.1) is 0 Å². The highest BCUT2D eigenvalue weighted by Gasteiger charge is 2.13. The maximum Gasteiger partial charge on any atom is 0.258 e. The monoisotopic (exact) mass is 264 g/mol. The number of hydrogen-bond donors (Lipinski definition) is 3. The summed E-state index contributed by atoms with van der Waals surface area (Å²) in [5, 5.41) is 3.90. The number of nitrogens with one attached hydrogen (secondary N) is 1. The summed E-state index contributed by atoms with van der Waals surface area (Å²) in [4.78, 5) is 28.3. The van der Waals surface area contributed by atoms with Gasteiger partial charge in [0.2, 0.25) is 17.8 Å². The molecule has 5 N–H and O–H groups in total. The van der Waals surface area contributed by atoms with Crippen LogP contribution in [0.4, 0.5) is 11.9 Å². The molecule has 0 aliphatic carbocycles. The molecule has 11 nitrogen and oxygen atoms in total. The molecular formula is C8H12N10O. The Morgan fingerprint density at radius 1 is 1.47 bits per heavy atom. The van der Waals surface area contributed by atoms with Crippen molar-refractivity contribution in [3.05, 3.63) is 12.7 Å². The zero-order valence-electron chi connectivity index (χ0n) is 10.1. The van der Waals surface area contributed by atoms with Gasteiger partial charge in [-0.2, -0.15) is 24.7 Å². The van der Waals surface area contributed by atoms with Gasteiger partial charge in [0.05, 0.1) is 6.54 Å². The number of carbonyl (C=O) groups excluding carboxylic acids is 1. The number of hydrogen-bond acceptors (Lipinski definition) is 9. The highest BCUT2D eigenvalue weighted by molar-refractivity contribution is 5.78. The van der Waals surface area contributed by atoms with Crippen molar-refractivity contribution in [2.45, 2.75) is 0 Å². The van der Waals surface area contributed by atoms with Crippen LogP contribution in [0.1, 0.15) is 0 Å². The fraction of sp³-hybridized carbons (Fsp3) is 0.250. The number of hydrazine groups is 1. The molecule has 1 amide bonds. The molecule has 0 aliphatic rings. The van der Waals surface area contributed by atoms with E-state index in [9.17, 15) is 4.79 Å². The van der Waals surface area contributed by atoms with Gasteiger partial charge in [-0.25, -0.2) is 10.8 Å². The minimum Gasteiger partial charge on any atom is -0.368 e. The van der Waals surface area contributed by atoms with Crippen LogP contribution in [-0.4, -0.2) is 49.2 Å². The average Bonchev–Trinajstić information content (AvgIpc) is 2.91. The van der Waals surface area contributed by atoms with E-state index in [1.54, 1.807) is 7.05 Å². The summed E-state index contributed by atoms with van der Waals surface area (Å²) in [6.45, 7) is -0.0369. The van der Waals surface area contributed by atoms with E-state index in [2.05, 4.69) is 30.5 Å². The molecule has 100 valence electrons. The maximum atomic E-state index is 10.9. The largest absolute Gasteiger partial charge is 0.368 e. The first kappa shape index (κ1) is 12.6. The molecule has 2 aromatic rings.